The Labute approximate surface area is 258 Å². The van der Waals surface area contributed by atoms with Gasteiger partial charge in [-0.05, 0) is 73.6 Å². The molecule has 1 amide bonds. The van der Waals surface area contributed by atoms with Crippen LogP contribution in [0.1, 0.15) is 71.4 Å². The minimum absolute atomic E-state index is 0. The number of nitrogens with one attached hydrogen (secondary N) is 1. The minimum Gasteiger partial charge on any atom is -0.478 e. The third-order valence-electron chi connectivity index (χ3n) is 9.83. The van der Waals surface area contributed by atoms with Crippen molar-refractivity contribution in [2.45, 2.75) is 63.6 Å². The molecule has 3 aliphatic heterocycles. The third-order valence-corrected chi connectivity index (χ3v) is 10.4. The van der Waals surface area contributed by atoms with Gasteiger partial charge in [-0.3, -0.25) is 9.69 Å². The number of hydrogen-bond acceptors (Lipinski definition) is 4. The van der Waals surface area contributed by atoms with Gasteiger partial charge in [0, 0.05) is 47.2 Å². The number of hydrogen-bond donors (Lipinski definition) is 2. The number of aromatic carboxylic acids is 1. The van der Waals surface area contributed by atoms with Crippen molar-refractivity contribution in [1.29, 1.82) is 0 Å². The molecule has 2 fully saturated rings. The molecule has 10 heteroatoms. The summed E-state index contributed by atoms with van der Waals surface area (Å²) >= 11 is 12.8. The normalized spacial score (nSPS) is 25.8. The van der Waals surface area contributed by atoms with Gasteiger partial charge in [-0.15, -0.1) is 0 Å². The Bertz CT molecular complexity index is 1850. The van der Waals surface area contributed by atoms with E-state index in [1.165, 1.54) is 6.07 Å². The lowest BCUT2D eigenvalue weighted by molar-refractivity contribution is -0.128. The first-order valence-corrected chi connectivity index (χ1v) is 15.0. The zero-order valence-electron chi connectivity index (χ0n) is 22.7. The van der Waals surface area contributed by atoms with E-state index in [1.807, 2.05) is 12.1 Å². The molecule has 4 aromatic rings. The highest BCUT2D eigenvalue weighted by atomic mass is 35.5. The number of carboxylic acids is 1. The summed E-state index contributed by atoms with van der Waals surface area (Å²) in [6.45, 7) is 3.14. The van der Waals surface area contributed by atoms with Crippen LogP contribution in [0.5, 0.6) is 0 Å². The minimum atomic E-state index is -1.21. The molecule has 7 nitrogen and oxygen atoms in total. The van der Waals surface area contributed by atoms with Gasteiger partial charge in [0.1, 0.15) is 17.2 Å². The molecule has 0 radical (unpaired) electrons. The number of rotatable bonds is 4. The number of aromatic nitrogens is 2. The average Bonchev–Trinajstić information content (AvgIpc) is 3.55. The smallest absolute Gasteiger partial charge is 0.336 e. The van der Waals surface area contributed by atoms with Crippen LogP contribution in [0.2, 0.25) is 10.0 Å². The van der Waals surface area contributed by atoms with E-state index in [2.05, 4.69) is 14.8 Å². The molecule has 222 valence electrons. The Morgan fingerprint density at radius 2 is 1.95 bits per heavy atom. The Kier molecular flexibility index (Phi) is 6.44. The Morgan fingerprint density at radius 3 is 2.70 bits per heavy atom. The quantitative estimate of drug-likeness (QED) is 0.249. The van der Waals surface area contributed by atoms with Crippen LogP contribution >= 0.6 is 23.2 Å². The molecule has 43 heavy (non-hydrogen) atoms. The van der Waals surface area contributed by atoms with Crippen molar-refractivity contribution >= 4 is 51.8 Å². The second kappa shape index (κ2) is 9.78. The van der Waals surface area contributed by atoms with Gasteiger partial charge in [0.2, 0.25) is 5.91 Å². The summed E-state index contributed by atoms with van der Waals surface area (Å²) in [6, 6.07) is 13.8. The summed E-state index contributed by atoms with van der Waals surface area (Å²) in [7, 11) is 0. The topological polar surface area (TPSA) is 87.5 Å². The Balaban J connectivity index is 0.00000300. The average molecular weight is 622 g/mol. The van der Waals surface area contributed by atoms with E-state index in [-0.39, 0.29) is 35.9 Å². The molecule has 0 unspecified atom stereocenters. The van der Waals surface area contributed by atoms with Crippen molar-refractivity contribution in [2.75, 3.05) is 11.9 Å². The van der Waals surface area contributed by atoms with Crippen LogP contribution < -0.4 is 5.32 Å². The summed E-state index contributed by atoms with van der Waals surface area (Å²) in [5.41, 5.74) is 2.85. The fourth-order valence-electron chi connectivity index (χ4n) is 7.97. The van der Waals surface area contributed by atoms with Crippen LogP contribution in [-0.2, 0) is 16.9 Å². The van der Waals surface area contributed by atoms with Gasteiger partial charge >= 0.3 is 5.97 Å². The van der Waals surface area contributed by atoms with Gasteiger partial charge in [-0.1, -0.05) is 48.8 Å². The molecule has 2 N–H and O–H groups in total. The Hall–Kier alpha value is -3.46. The number of fused-ring (bicyclic) bond motifs is 7. The van der Waals surface area contributed by atoms with Crippen molar-refractivity contribution in [3.8, 4) is 0 Å². The molecule has 1 spiro atoms. The number of carboxylic acid groups (broad SMARTS) is 1. The zero-order valence-corrected chi connectivity index (χ0v) is 24.2. The van der Waals surface area contributed by atoms with Crippen LogP contribution in [-0.4, -0.2) is 44.0 Å². The summed E-state index contributed by atoms with van der Waals surface area (Å²) in [5.74, 6) is -1.58. The summed E-state index contributed by atoms with van der Waals surface area (Å²) < 4.78 is 18.3. The van der Waals surface area contributed by atoms with Gasteiger partial charge in [-0.2, -0.15) is 0 Å². The summed E-state index contributed by atoms with van der Waals surface area (Å²) in [6.07, 6.45) is 2.90. The number of carbonyl (C=O) groups excluding carboxylic acids is 1. The highest BCUT2D eigenvalue weighted by Crippen LogP contribution is 2.64. The van der Waals surface area contributed by atoms with E-state index < -0.39 is 23.2 Å². The highest BCUT2D eigenvalue weighted by Gasteiger charge is 2.69. The van der Waals surface area contributed by atoms with Crippen LogP contribution in [0.15, 0.2) is 48.5 Å². The van der Waals surface area contributed by atoms with Crippen LogP contribution in [0.4, 0.5) is 10.1 Å². The molecule has 4 atom stereocenters. The van der Waals surface area contributed by atoms with E-state index >= 15 is 4.39 Å². The molecule has 1 saturated carbocycles. The SMILES string of the molecule is C.Cc1cc2c(cc1C(=O)O)nc1n2CC[C@H]2[C@@H]1[C@H](c1cccc(Cl)c1F)[C@]1(C(=O)Nc3cc(Cl)ccc31)N2CC1CC1. The first kappa shape index (κ1) is 28.3. The molecule has 8 rings (SSSR count). The first-order valence-electron chi connectivity index (χ1n) is 14.3. The molecule has 1 saturated heterocycles. The van der Waals surface area contributed by atoms with Crippen molar-refractivity contribution in [2.24, 2.45) is 5.92 Å². The van der Waals surface area contributed by atoms with Crippen molar-refractivity contribution in [1.82, 2.24) is 14.5 Å². The molecule has 1 aromatic heterocycles. The zero-order chi connectivity index (χ0) is 29.1. The molecule has 4 heterocycles. The van der Waals surface area contributed by atoms with Gasteiger partial charge < -0.3 is 15.0 Å². The first-order chi connectivity index (χ1) is 20.2. The number of aryl methyl sites for hydroxylation is 2. The second-order valence-corrected chi connectivity index (χ2v) is 12.9. The summed E-state index contributed by atoms with van der Waals surface area (Å²) in [5, 5.41) is 13.4. The van der Waals surface area contributed by atoms with E-state index in [9.17, 15) is 14.7 Å². The fraction of sp³-hybridized carbons (Fsp3) is 0.364. The predicted octanol–water partition coefficient (Wildman–Crippen LogP) is 7.34. The number of carbonyl (C=O) groups is 2. The predicted molar refractivity (Wildman–Crippen MR) is 165 cm³/mol. The monoisotopic (exact) mass is 620 g/mol. The highest BCUT2D eigenvalue weighted by molar-refractivity contribution is 6.31. The third kappa shape index (κ3) is 3.85. The lowest BCUT2D eigenvalue weighted by atomic mass is 9.70. The van der Waals surface area contributed by atoms with Gasteiger partial charge in [0.05, 0.1) is 21.6 Å². The lowest BCUT2D eigenvalue weighted by Crippen LogP contribution is -2.53. The lowest BCUT2D eigenvalue weighted by Gasteiger charge is -2.40. The van der Waals surface area contributed by atoms with E-state index in [0.29, 0.717) is 46.4 Å². The number of imidazole rings is 1. The molecule has 4 aliphatic rings. The number of nitrogens with zero attached hydrogens (tertiary/aromatic N) is 3. The molecule has 1 aliphatic carbocycles. The van der Waals surface area contributed by atoms with Gasteiger partial charge in [0.15, 0.2) is 0 Å². The Morgan fingerprint density at radius 1 is 1.16 bits per heavy atom. The van der Waals surface area contributed by atoms with Crippen LogP contribution in [0.3, 0.4) is 0 Å². The number of amides is 1. The van der Waals surface area contributed by atoms with Crippen molar-refractivity contribution in [3.63, 3.8) is 0 Å². The van der Waals surface area contributed by atoms with Crippen molar-refractivity contribution in [3.05, 3.63) is 92.5 Å². The molecular formula is C33H31Cl2FN4O3. The van der Waals surface area contributed by atoms with Crippen LogP contribution in [0.25, 0.3) is 11.0 Å². The van der Waals surface area contributed by atoms with Gasteiger partial charge in [-0.25, -0.2) is 14.2 Å². The largest absolute Gasteiger partial charge is 0.478 e. The standard InChI is InChI=1S/C32H27Cl2FN4O3.CH4/c1-15-11-25-23(13-19(15)30(40)41)36-29-26-24(9-10-38(25)29)39(14-16-5-6-16)32(27(26)18-3-2-4-21(34)28(18)35)20-8-7-17(33)12-22(20)37-31(32)42;/h2-4,7-8,11-13,16,24,26-27H,5-6,9-10,14H2,1H3,(H,37,42)(H,40,41);1H4/t24-,26+,27-,32+;/m0./s1. The number of anilines is 1. The number of halogens is 3. The van der Waals surface area contributed by atoms with E-state index in [0.717, 1.165) is 36.2 Å². The maximum atomic E-state index is 16.2. The molecular weight excluding hydrogens is 590 g/mol. The van der Waals surface area contributed by atoms with Crippen LogP contribution in [0, 0.1) is 18.7 Å². The second-order valence-electron chi connectivity index (χ2n) is 12.1. The van der Waals surface area contributed by atoms with E-state index in [4.69, 9.17) is 28.2 Å². The molecule has 3 aromatic carbocycles. The van der Waals surface area contributed by atoms with Gasteiger partial charge in [0.25, 0.3) is 0 Å². The molecule has 0 bridgehead atoms. The van der Waals surface area contributed by atoms with Crippen molar-refractivity contribution < 1.29 is 19.1 Å². The van der Waals surface area contributed by atoms with E-state index in [1.54, 1.807) is 37.3 Å². The summed E-state index contributed by atoms with van der Waals surface area (Å²) in [4.78, 5) is 33.8. The maximum absolute atomic E-state index is 16.2. The maximum Gasteiger partial charge on any atom is 0.336 e. The fourth-order valence-corrected chi connectivity index (χ4v) is 8.33. The number of likely N-dealkylation sites (tertiary alicyclic amines) is 1. The number of benzene rings is 3.